The van der Waals surface area contributed by atoms with Crippen LogP contribution in [0.5, 0.6) is 0 Å². The molecule has 0 aliphatic heterocycles. The Kier molecular flexibility index (Phi) is 7.06. The molecule has 2 rings (SSSR count). The molecule has 0 heterocycles. The van der Waals surface area contributed by atoms with E-state index in [0.717, 1.165) is 11.1 Å². The molecular formula is C28H42O5. The van der Waals surface area contributed by atoms with Crippen LogP contribution in [0.15, 0.2) is 30.3 Å². The molecule has 0 radical (unpaired) electrons. The minimum atomic E-state index is -1.38. The van der Waals surface area contributed by atoms with Gasteiger partial charge in [-0.15, -0.1) is 0 Å². The van der Waals surface area contributed by atoms with E-state index in [-0.39, 0.29) is 0 Å². The number of aliphatic hydroxyl groups is 5. The van der Waals surface area contributed by atoms with Crippen LogP contribution in [0, 0.1) is 0 Å². The molecule has 0 fully saturated rings. The normalized spacial score (nSPS) is 14.0. The van der Waals surface area contributed by atoms with Crippen LogP contribution in [-0.4, -0.2) is 25.5 Å². The fourth-order valence-electron chi connectivity index (χ4n) is 4.51. The second-order valence-corrected chi connectivity index (χ2v) is 11.9. The second-order valence-electron chi connectivity index (χ2n) is 11.9. The zero-order valence-corrected chi connectivity index (χ0v) is 21.8. The van der Waals surface area contributed by atoms with Crippen molar-refractivity contribution >= 4 is 0 Å². The average molecular weight is 459 g/mol. The van der Waals surface area contributed by atoms with Gasteiger partial charge in [-0.25, -0.2) is 0 Å². The summed E-state index contributed by atoms with van der Waals surface area (Å²) in [5.74, 6) is 0. The Bertz CT molecular complexity index is 1000. The number of rotatable bonds is 7. The first-order chi connectivity index (χ1) is 14.5. The van der Waals surface area contributed by atoms with Crippen molar-refractivity contribution < 1.29 is 25.5 Å². The third kappa shape index (κ3) is 6.23. The molecule has 33 heavy (non-hydrogen) atoms. The van der Waals surface area contributed by atoms with Gasteiger partial charge < -0.3 is 25.5 Å². The van der Waals surface area contributed by atoms with E-state index in [0.29, 0.717) is 34.2 Å². The summed E-state index contributed by atoms with van der Waals surface area (Å²) in [6, 6.07) is 9.33. The molecule has 2 aromatic carbocycles. The quantitative estimate of drug-likeness (QED) is 0.423. The van der Waals surface area contributed by atoms with Crippen LogP contribution in [0.2, 0.25) is 0 Å². The van der Waals surface area contributed by atoms with Crippen LogP contribution < -0.4 is 0 Å². The summed E-state index contributed by atoms with van der Waals surface area (Å²) in [7, 11) is 0. The molecule has 0 spiro atoms. The highest BCUT2D eigenvalue weighted by molar-refractivity contribution is 5.55. The Morgan fingerprint density at radius 1 is 0.545 bits per heavy atom. The summed E-state index contributed by atoms with van der Waals surface area (Å²) in [5, 5.41) is 55.2. The van der Waals surface area contributed by atoms with Crippen LogP contribution in [0.3, 0.4) is 0 Å². The maximum atomic E-state index is 11.3. The zero-order valence-electron chi connectivity index (χ0n) is 21.8. The van der Waals surface area contributed by atoms with E-state index in [9.17, 15) is 25.5 Å². The van der Waals surface area contributed by atoms with Gasteiger partial charge in [-0.3, -0.25) is 0 Å². The molecule has 0 atom stereocenters. The van der Waals surface area contributed by atoms with E-state index in [1.54, 1.807) is 75.3 Å². The topological polar surface area (TPSA) is 101 Å². The highest BCUT2D eigenvalue weighted by Crippen LogP contribution is 2.44. The first kappa shape index (κ1) is 27.5. The predicted molar refractivity (Wildman–Crippen MR) is 132 cm³/mol. The van der Waals surface area contributed by atoms with Crippen LogP contribution in [0.25, 0.3) is 0 Å². The molecule has 0 aromatic heterocycles. The first-order valence-electron chi connectivity index (χ1n) is 11.5. The molecular weight excluding hydrogens is 416 g/mol. The summed E-state index contributed by atoms with van der Waals surface area (Å²) in [5.41, 5.74) is -2.07. The largest absolute Gasteiger partial charge is 0.386 e. The van der Waals surface area contributed by atoms with Gasteiger partial charge in [0.1, 0.15) is 0 Å². The number of hydrogen-bond donors (Lipinski definition) is 5. The third-order valence-electron chi connectivity index (χ3n) is 5.99. The van der Waals surface area contributed by atoms with Gasteiger partial charge in [0.05, 0.1) is 28.0 Å². The molecule has 184 valence electrons. The van der Waals surface area contributed by atoms with Crippen molar-refractivity contribution in [3.05, 3.63) is 69.3 Å². The summed E-state index contributed by atoms with van der Waals surface area (Å²) < 4.78 is 0. The van der Waals surface area contributed by atoms with Crippen LogP contribution in [-0.2, 0) is 34.4 Å². The minimum absolute atomic E-state index is 0.359. The lowest BCUT2D eigenvalue weighted by Gasteiger charge is -2.39. The maximum Gasteiger partial charge on any atom is 0.0848 e. The van der Waals surface area contributed by atoms with E-state index in [1.165, 1.54) is 0 Å². The lowest BCUT2D eigenvalue weighted by Crippen LogP contribution is -2.35. The molecule has 2 aromatic rings. The molecule has 0 amide bonds. The molecule has 5 nitrogen and oxygen atoms in total. The van der Waals surface area contributed by atoms with Crippen LogP contribution >= 0.6 is 0 Å². The Hall–Kier alpha value is -1.76. The van der Waals surface area contributed by atoms with Crippen molar-refractivity contribution in [3.63, 3.8) is 0 Å². The fraction of sp³-hybridized carbons (Fsp3) is 0.571. The predicted octanol–water partition coefficient (Wildman–Crippen LogP) is 4.41. The molecule has 0 saturated heterocycles. The molecule has 0 saturated carbocycles. The smallest absolute Gasteiger partial charge is 0.0848 e. The van der Waals surface area contributed by atoms with Crippen molar-refractivity contribution in [2.45, 2.75) is 104 Å². The Morgan fingerprint density at radius 3 is 1.42 bits per heavy atom. The lowest BCUT2D eigenvalue weighted by atomic mass is 9.71. The highest BCUT2D eigenvalue weighted by atomic mass is 16.3. The minimum Gasteiger partial charge on any atom is -0.386 e. The molecule has 0 unspecified atom stereocenters. The average Bonchev–Trinajstić information content (AvgIpc) is 2.56. The van der Waals surface area contributed by atoms with Crippen molar-refractivity contribution in [1.82, 2.24) is 0 Å². The van der Waals surface area contributed by atoms with Gasteiger partial charge in [0, 0.05) is 0 Å². The van der Waals surface area contributed by atoms with E-state index < -0.39 is 28.0 Å². The first-order valence-corrected chi connectivity index (χ1v) is 11.5. The summed E-state index contributed by atoms with van der Waals surface area (Å²) in [4.78, 5) is 0. The molecule has 0 bridgehead atoms. The van der Waals surface area contributed by atoms with Gasteiger partial charge in [0.15, 0.2) is 0 Å². The van der Waals surface area contributed by atoms with E-state index >= 15 is 0 Å². The molecule has 0 aliphatic carbocycles. The summed E-state index contributed by atoms with van der Waals surface area (Å²) in [6.07, 6.45) is 0.359. The maximum absolute atomic E-state index is 11.3. The van der Waals surface area contributed by atoms with Crippen LogP contribution in [0.4, 0.5) is 0 Å². The summed E-state index contributed by atoms with van der Waals surface area (Å²) in [6.45, 7) is 16.6. The van der Waals surface area contributed by atoms with Gasteiger partial charge in [-0.05, 0) is 121 Å². The zero-order chi connectivity index (χ0) is 25.8. The third-order valence-corrected chi connectivity index (χ3v) is 5.99. The Labute approximate surface area is 198 Å². The van der Waals surface area contributed by atoms with Crippen molar-refractivity contribution in [3.8, 4) is 0 Å². The lowest BCUT2D eigenvalue weighted by molar-refractivity contribution is 0.0354. The van der Waals surface area contributed by atoms with Gasteiger partial charge >= 0.3 is 0 Å². The van der Waals surface area contributed by atoms with Crippen LogP contribution in [0.1, 0.15) is 108 Å². The van der Waals surface area contributed by atoms with Crippen molar-refractivity contribution in [2.24, 2.45) is 0 Å². The highest BCUT2D eigenvalue weighted by Gasteiger charge is 2.39. The number of hydrogen-bond acceptors (Lipinski definition) is 5. The molecule has 5 N–H and O–H groups in total. The second kappa shape index (κ2) is 8.47. The monoisotopic (exact) mass is 458 g/mol. The molecule has 5 heteroatoms. The van der Waals surface area contributed by atoms with E-state index in [4.69, 9.17) is 0 Å². The Morgan fingerprint density at radius 2 is 1.03 bits per heavy atom. The standard InChI is InChI=1S/C28H42O5/c1-24(2,29)18-13-11-12-17(14-18)15-19-20(25(3,4)30)16-21(26(5,6)31)23(28(9,10)33)22(19)27(7,8)32/h11-14,16,29-33H,15H2,1-10H3. The van der Waals surface area contributed by atoms with Gasteiger partial charge in [0.2, 0.25) is 0 Å². The van der Waals surface area contributed by atoms with Gasteiger partial charge in [0.25, 0.3) is 0 Å². The van der Waals surface area contributed by atoms with Crippen molar-refractivity contribution in [2.75, 3.05) is 0 Å². The van der Waals surface area contributed by atoms with E-state index in [1.807, 2.05) is 24.3 Å². The van der Waals surface area contributed by atoms with Gasteiger partial charge in [-0.1, -0.05) is 24.3 Å². The fourth-order valence-corrected chi connectivity index (χ4v) is 4.51. The SMILES string of the molecule is CC(C)(O)c1cccc(Cc2c(C(C)(C)O)cc(C(C)(C)O)c(C(C)(C)O)c2C(C)(C)O)c1. The molecule has 0 aliphatic rings. The Balaban J connectivity index is 3.03. The van der Waals surface area contributed by atoms with E-state index in [2.05, 4.69) is 0 Å². The number of benzene rings is 2. The van der Waals surface area contributed by atoms with Crippen molar-refractivity contribution in [1.29, 1.82) is 0 Å². The summed E-state index contributed by atoms with van der Waals surface area (Å²) >= 11 is 0. The van der Waals surface area contributed by atoms with Gasteiger partial charge in [-0.2, -0.15) is 0 Å².